The number of hydrogen-bond donors (Lipinski definition) is 3. The van der Waals surface area contributed by atoms with Crippen LogP contribution in [0.2, 0.25) is 5.02 Å². The van der Waals surface area contributed by atoms with E-state index in [1.165, 1.54) is 25.6 Å². The van der Waals surface area contributed by atoms with Crippen molar-refractivity contribution in [3.8, 4) is 5.75 Å². The van der Waals surface area contributed by atoms with E-state index >= 15 is 0 Å². The Morgan fingerprint density at radius 1 is 1.11 bits per heavy atom. The highest BCUT2D eigenvalue weighted by atomic mass is 35.5. The van der Waals surface area contributed by atoms with Gasteiger partial charge in [0, 0.05) is 18.4 Å². The summed E-state index contributed by atoms with van der Waals surface area (Å²) in [4.78, 5) is 10.1. The highest BCUT2D eigenvalue weighted by Gasteiger charge is 2.23. The largest absolute Gasteiger partial charge is 0.506 e. The fraction of sp³-hybridized carbons (Fsp3) is 0.273. The van der Waals surface area contributed by atoms with Crippen LogP contribution in [-0.4, -0.2) is 55.3 Å². The molecule has 0 saturated carbocycles. The molecule has 3 aromatic rings. The summed E-state index contributed by atoms with van der Waals surface area (Å²) in [6.07, 6.45) is 2.19. The zero-order valence-electron chi connectivity index (χ0n) is 20.0. The van der Waals surface area contributed by atoms with E-state index in [1.54, 1.807) is 6.07 Å². The molecule has 1 aliphatic rings. The molecule has 0 unspecified atom stereocenters. The van der Waals surface area contributed by atoms with E-state index in [2.05, 4.69) is 25.5 Å². The maximum Gasteiger partial charge on any atom is 0.332 e. The Labute approximate surface area is 232 Å². The van der Waals surface area contributed by atoms with Crippen molar-refractivity contribution in [3.63, 3.8) is 0 Å². The Bertz CT molecular complexity index is 1470. The Balaban J connectivity index is 0.00000241. The second-order valence-corrected chi connectivity index (χ2v) is 13.7. The number of aromatic hydroxyl groups is 1. The van der Waals surface area contributed by atoms with Gasteiger partial charge in [-0.15, -0.1) is 28.7 Å². The van der Waals surface area contributed by atoms with Crippen molar-refractivity contribution in [1.82, 2.24) is 14.9 Å². The zero-order valence-corrected chi connectivity index (χ0v) is 24.1. The van der Waals surface area contributed by atoms with Gasteiger partial charge in [-0.1, -0.05) is 11.6 Å². The van der Waals surface area contributed by atoms with Gasteiger partial charge in [-0.3, -0.25) is 0 Å². The predicted molar refractivity (Wildman–Crippen MR) is 150 cm³/mol. The predicted octanol–water partition coefficient (Wildman–Crippen LogP) is 5.06. The molecule has 0 aliphatic carbocycles. The van der Waals surface area contributed by atoms with Gasteiger partial charge in [-0.05, 0) is 68.3 Å². The van der Waals surface area contributed by atoms with Crippen LogP contribution in [-0.2, 0) is 27.8 Å². The van der Waals surface area contributed by atoms with Crippen LogP contribution in [0.5, 0.6) is 5.75 Å². The number of likely N-dealkylation sites (N-methyl/N-ethyl adjacent to an activating group) is 1. The van der Waals surface area contributed by atoms with Crippen molar-refractivity contribution in [2.45, 2.75) is 17.9 Å². The molecule has 1 aliphatic heterocycles. The molecule has 0 radical (unpaired) electrons. The lowest BCUT2D eigenvalue weighted by molar-refractivity contribution is 0.312. The summed E-state index contributed by atoms with van der Waals surface area (Å²) < 4.78 is 49.0. The number of halogens is 4. The third-order valence-electron chi connectivity index (χ3n) is 5.60. The molecule has 0 atom stereocenters. The van der Waals surface area contributed by atoms with Crippen molar-refractivity contribution in [2.24, 2.45) is 0 Å². The third-order valence-corrected chi connectivity index (χ3v) is 8.22. The maximum atomic E-state index is 13.5. The second kappa shape index (κ2) is 11.7. The first kappa shape index (κ1) is 31.1. The van der Waals surface area contributed by atoms with Gasteiger partial charge >= 0.3 is 10.2 Å². The molecule has 37 heavy (non-hydrogen) atoms. The summed E-state index contributed by atoms with van der Waals surface area (Å²) >= 11 is 6.27. The highest BCUT2D eigenvalue weighted by Crippen LogP contribution is 2.40. The number of phenolic OH excluding ortho intramolecular Hbond substituents is 1. The number of benzene rings is 2. The molecule has 0 amide bonds. The van der Waals surface area contributed by atoms with Crippen molar-refractivity contribution >= 4 is 82.2 Å². The number of rotatable bonds is 6. The summed E-state index contributed by atoms with van der Waals surface area (Å²) in [5, 5.41) is 16.7. The van der Waals surface area contributed by atoms with E-state index in [9.17, 15) is 22.0 Å². The van der Waals surface area contributed by atoms with Crippen LogP contribution in [0.15, 0.2) is 41.4 Å². The molecule has 3 N–H and O–H groups in total. The first-order chi connectivity index (χ1) is 16.3. The average Bonchev–Trinajstić information content (AvgIpc) is 2.75. The summed E-state index contributed by atoms with van der Waals surface area (Å²) in [7, 11) is -5.98. The summed E-state index contributed by atoms with van der Waals surface area (Å²) in [6.45, 7) is 4.54. The third kappa shape index (κ3) is 7.25. The number of phenols is 1. The molecule has 0 saturated heterocycles. The number of nitrogens with one attached hydrogen (secondary N) is 2. The Morgan fingerprint density at radius 3 is 2.46 bits per heavy atom. The number of fused-ring (bicyclic) bond motifs is 1. The minimum Gasteiger partial charge on any atom is -0.506 e. The second-order valence-electron chi connectivity index (χ2n) is 8.73. The Morgan fingerprint density at radius 2 is 1.81 bits per heavy atom. The van der Waals surface area contributed by atoms with Crippen LogP contribution in [0.3, 0.4) is 0 Å². The number of anilines is 4. The molecule has 9 nitrogen and oxygen atoms in total. The van der Waals surface area contributed by atoms with E-state index in [-0.39, 0.29) is 58.3 Å². The van der Waals surface area contributed by atoms with Gasteiger partial charge in [-0.2, -0.15) is 13.4 Å². The van der Waals surface area contributed by atoms with Crippen LogP contribution in [0.1, 0.15) is 11.1 Å². The molecule has 202 valence electrons. The van der Waals surface area contributed by atoms with Crippen molar-refractivity contribution < 1.29 is 22.0 Å². The molecule has 0 fully saturated rings. The molecular formula is C22H26Cl3FN5O4PS. The zero-order chi connectivity index (χ0) is 25.5. The quantitative estimate of drug-likeness (QED) is 0.199. The van der Waals surface area contributed by atoms with Crippen molar-refractivity contribution in [3.05, 3.63) is 52.7 Å². The van der Waals surface area contributed by atoms with Gasteiger partial charge in [-0.25, -0.2) is 4.98 Å². The summed E-state index contributed by atoms with van der Waals surface area (Å²) in [5.74, 6) is 0.341. The lowest BCUT2D eigenvalue weighted by Gasteiger charge is -2.25. The normalized spacial score (nSPS) is 13.6. The molecule has 0 bridgehead atoms. The van der Waals surface area contributed by atoms with Gasteiger partial charge in [0.2, 0.25) is 5.95 Å². The van der Waals surface area contributed by atoms with Crippen LogP contribution < -0.4 is 15.9 Å². The lowest BCUT2D eigenvalue weighted by Crippen LogP contribution is -2.26. The molecule has 1 aromatic heterocycles. The lowest BCUT2D eigenvalue weighted by atomic mass is 9.99. The number of hydrogen-bond acceptors (Lipinski definition) is 9. The molecule has 15 heteroatoms. The van der Waals surface area contributed by atoms with E-state index in [0.29, 0.717) is 5.69 Å². The van der Waals surface area contributed by atoms with Gasteiger partial charge in [0.15, 0.2) is 5.82 Å². The summed E-state index contributed by atoms with van der Waals surface area (Å²) in [5.41, 5.74) is 2.86. The number of nitrogens with zero attached hydrogens (tertiary/aromatic N) is 3. The fourth-order valence-electron chi connectivity index (χ4n) is 3.81. The fourth-order valence-corrected chi connectivity index (χ4v) is 5.69. The minimum absolute atomic E-state index is 0. The molecule has 0 spiro atoms. The number of aromatic nitrogens is 2. The average molecular weight is 613 g/mol. The van der Waals surface area contributed by atoms with Crippen LogP contribution >= 0.6 is 43.6 Å². The standard InChI is InChI=1S/C22H24ClFN5O4PS.2ClH/c1-29-7-6-13-9-19(30)18(8-14(13)12-29)27-22-25-11-16(23)21(28-22)26-17-5-4-15(35(24,32)33)10-20(17)34(2,3)31;;/h4-5,8-11,30H,6-7,12H2,1-3H3,(H2,25,26,27,28);2*1H. The van der Waals surface area contributed by atoms with Gasteiger partial charge in [0.1, 0.15) is 17.9 Å². The first-order valence-corrected chi connectivity index (χ1v) is 14.9. The molecule has 2 heterocycles. The summed E-state index contributed by atoms with van der Waals surface area (Å²) in [6, 6.07) is 6.98. The van der Waals surface area contributed by atoms with Gasteiger partial charge in [0.25, 0.3) is 0 Å². The van der Waals surface area contributed by atoms with Crippen LogP contribution in [0.25, 0.3) is 0 Å². The van der Waals surface area contributed by atoms with Crippen molar-refractivity contribution in [1.29, 1.82) is 0 Å². The highest BCUT2D eigenvalue weighted by molar-refractivity contribution is 7.86. The van der Waals surface area contributed by atoms with E-state index in [0.717, 1.165) is 42.8 Å². The van der Waals surface area contributed by atoms with E-state index in [4.69, 9.17) is 11.6 Å². The van der Waals surface area contributed by atoms with Crippen molar-refractivity contribution in [2.75, 3.05) is 37.6 Å². The molecular weight excluding hydrogens is 587 g/mol. The monoisotopic (exact) mass is 611 g/mol. The minimum atomic E-state index is -4.98. The molecule has 4 rings (SSSR count). The van der Waals surface area contributed by atoms with Gasteiger partial charge < -0.3 is 25.2 Å². The van der Waals surface area contributed by atoms with Crippen LogP contribution in [0.4, 0.5) is 27.0 Å². The first-order valence-electron chi connectivity index (χ1n) is 10.6. The van der Waals surface area contributed by atoms with Gasteiger partial charge in [0.05, 0.1) is 22.5 Å². The van der Waals surface area contributed by atoms with E-state index in [1.807, 2.05) is 13.1 Å². The maximum absolute atomic E-state index is 13.5. The van der Waals surface area contributed by atoms with Crippen LogP contribution in [0, 0.1) is 0 Å². The Hall–Kier alpha value is -2.14. The van der Waals surface area contributed by atoms with E-state index < -0.39 is 22.3 Å². The topological polar surface area (TPSA) is 125 Å². The smallest absolute Gasteiger partial charge is 0.332 e. The molecule has 2 aromatic carbocycles. The Kier molecular flexibility index (Phi) is 9.84. The SMILES string of the molecule is CN1CCc2cc(O)c(Nc3ncc(Cl)c(Nc4ccc(S(=O)(=O)F)cc4P(C)(C)=O)n3)cc2C1.Cl.Cl.